The molecule has 1 heterocycles. The van der Waals surface area contributed by atoms with Crippen molar-refractivity contribution in [2.75, 3.05) is 14.2 Å². The third-order valence-electron chi connectivity index (χ3n) is 3.87. The molecule has 0 saturated carbocycles. The Morgan fingerprint density at radius 1 is 1.32 bits per heavy atom. The zero-order chi connectivity index (χ0) is 13.2. The van der Waals surface area contributed by atoms with Crippen LogP contribution >= 0.6 is 0 Å². The summed E-state index contributed by atoms with van der Waals surface area (Å²) in [5.41, 5.74) is 5.36. The Labute approximate surface area is 113 Å². The van der Waals surface area contributed by atoms with E-state index in [0.717, 1.165) is 6.42 Å². The van der Waals surface area contributed by atoms with E-state index in [1.54, 1.807) is 13.3 Å². The molecule has 3 heteroatoms. The number of rotatable bonds is 3. The first kappa shape index (κ1) is 12.2. The first-order valence-corrected chi connectivity index (χ1v) is 6.63. The lowest BCUT2D eigenvalue weighted by Crippen LogP contribution is -2.12. The van der Waals surface area contributed by atoms with Crippen LogP contribution in [0.25, 0.3) is 11.1 Å². The largest absolute Gasteiger partial charge is 0.481 e. The van der Waals surface area contributed by atoms with Crippen LogP contribution in [-0.4, -0.2) is 19.1 Å². The minimum Gasteiger partial charge on any atom is -0.481 e. The Balaban J connectivity index is 2.09. The quantitative estimate of drug-likeness (QED) is 0.914. The minimum absolute atomic E-state index is 0.485. The molecule has 0 radical (unpaired) electrons. The van der Waals surface area contributed by atoms with Gasteiger partial charge >= 0.3 is 0 Å². The first-order chi connectivity index (χ1) is 9.33. The molecule has 0 amide bonds. The number of fused-ring (bicyclic) bond motifs is 1. The van der Waals surface area contributed by atoms with E-state index in [1.807, 2.05) is 19.2 Å². The summed E-state index contributed by atoms with van der Waals surface area (Å²) in [6.07, 6.45) is 4.10. The molecule has 0 saturated heterocycles. The van der Waals surface area contributed by atoms with Crippen LogP contribution in [0.4, 0.5) is 0 Å². The van der Waals surface area contributed by atoms with E-state index in [9.17, 15) is 0 Å². The van der Waals surface area contributed by atoms with Gasteiger partial charge in [-0.25, -0.2) is 4.98 Å². The summed E-state index contributed by atoms with van der Waals surface area (Å²) >= 11 is 0. The Morgan fingerprint density at radius 3 is 3.00 bits per heavy atom. The highest BCUT2D eigenvalue weighted by Crippen LogP contribution is 2.37. The van der Waals surface area contributed by atoms with Gasteiger partial charge in [0.1, 0.15) is 0 Å². The Bertz CT molecular complexity index is 595. The van der Waals surface area contributed by atoms with Crippen molar-refractivity contribution in [1.82, 2.24) is 10.3 Å². The molecule has 1 aromatic carbocycles. The third kappa shape index (κ3) is 2.10. The highest BCUT2D eigenvalue weighted by Gasteiger charge is 2.23. The van der Waals surface area contributed by atoms with Crippen molar-refractivity contribution in [2.24, 2.45) is 0 Å². The van der Waals surface area contributed by atoms with Crippen LogP contribution in [0.15, 0.2) is 36.5 Å². The average Bonchev–Trinajstić information content (AvgIpc) is 2.90. The number of nitrogens with one attached hydrogen (secondary N) is 1. The highest BCUT2D eigenvalue weighted by molar-refractivity contribution is 5.70. The van der Waals surface area contributed by atoms with Crippen molar-refractivity contribution in [3.63, 3.8) is 0 Å². The molecule has 1 N–H and O–H groups in total. The van der Waals surface area contributed by atoms with Crippen LogP contribution in [-0.2, 0) is 6.42 Å². The van der Waals surface area contributed by atoms with Crippen molar-refractivity contribution in [3.8, 4) is 17.0 Å². The predicted octanol–water partition coefficient (Wildman–Crippen LogP) is 2.96. The number of hydrogen-bond donors (Lipinski definition) is 1. The van der Waals surface area contributed by atoms with Gasteiger partial charge in [-0.3, -0.25) is 0 Å². The van der Waals surface area contributed by atoms with Crippen molar-refractivity contribution in [3.05, 3.63) is 47.7 Å². The number of methoxy groups -OCH3 is 1. The maximum absolute atomic E-state index is 5.21. The molecule has 98 valence electrons. The Morgan fingerprint density at radius 2 is 2.21 bits per heavy atom. The van der Waals surface area contributed by atoms with Crippen molar-refractivity contribution in [1.29, 1.82) is 0 Å². The molecule has 1 aliphatic rings. The van der Waals surface area contributed by atoms with E-state index in [-0.39, 0.29) is 0 Å². The van der Waals surface area contributed by atoms with Crippen molar-refractivity contribution in [2.45, 2.75) is 18.9 Å². The number of nitrogens with zero attached hydrogens (tertiary/aromatic N) is 1. The molecular weight excluding hydrogens is 236 g/mol. The highest BCUT2D eigenvalue weighted by atomic mass is 16.5. The molecule has 1 aromatic heterocycles. The van der Waals surface area contributed by atoms with Gasteiger partial charge < -0.3 is 10.1 Å². The zero-order valence-electron chi connectivity index (χ0n) is 11.3. The summed E-state index contributed by atoms with van der Waals surface area (Å²) in [6, 6.07) is 11.1. The Hall–Kier alpha value is -1.87. The molecule has 3 nitrogen and oxygen atoms in total. The van der Waals surface area contributed by atoms with Crippen molar-refractivity contribution >= 4 is 0 Å². The van der Waals surface area contributed by atoms with E-state index < -0.39 is 0 Å². The van der Waals surface area contributed by atoms with Crippen LogP contribution < -0.4 is 10.1 Å². The number of ether oxygens (including phenoxy) is 1. The predicted molar refractivity (Wildman–Crippen MR) is 76.3 cm³/mol. The van der Waals surface area contributed by atoms with Crippen LogP contribution in [0.2, 0.25) is 0 Å². The van der Waals surface area contributed by atoms with E-state index in [0.29, 0.717) is 11.9 Å². The van der Waals surface area contributed by atoms with E-state index in [4.69, 9.17) is 4.74 Å². The van der Waals surface area contributed by atoms with Crippen LogP contribution in [0, 0.1) is 0 Å². The van der Waals surface area contributed by atoms with Crippen LogP contribution in [0.1, 0.15) is 23.6 Å². The van der Waals surface area contributed by atoms with Gasteiger partial charge in [0.05, 0.1) is 7.11 Å². The molecule has 3 rings (SSSR count). The smallest absolute Gasteiger partial charge is 0.213 e. The second kappa shape index (κ2) is 5.02. The number of pyridine rings is 1. The summed E-state index contributed by atoms with van der Waals surface area (Å²) < 4.78 is 5.21. The monoisotopic (exact) mass is 254 g/mol. The van der Waals surface area contributed by atoms with Gasteiger partial charge in [0, 0.05) is 18.3 Å². The first-order valence-electron chi connectivity index (χ1n) is 6.63. The normalized spacial score (nSPS) is 17.3. The number of aromatic nitrogens is 1. The van der Waals surface area contributed by atoms with Gasteiger partial charge in [-0.2, -0.15) is 0 Å². The summed E-state index contributed by atoms with van der Waals surface area (Å²) in [6.45, 7) is 0. The lowest BCUT2D eigenvalue weighted by Gasteiger charge is -2.12. The molecule has 1 unspecified atom stereocenters. The third-order valence-corrected chi connectivity index (χ3v) is 3.87. The zero-order valence-corrected chi connectivity index (χ0v) is 11.3. The van der Waals surface area contributed by atoms with Gasteiger partial charge in [0.25, 0.3) is 0 Å². The van der Waals surface area contributed by atoms with Gasteiger partial charge in [-0.1, -0.05) is 18.2 Å². The molecular formula is C16H18N2O. The topological polar surface area (TPSA) is 34.2 Å². The van der Waals surface area contributed by atoms with Gasteiger partial charge in [-0.15, -0.1) is 0 Å². The molecule has 0 spiro atoms. The average molecular weight is 254 g/mol. The maximum Gasteiger partial charge on any atom is 0.213 e. The molecule has 0 bridgehead atoms. The molecule has 2 aromatic rings. The second-order valence-electron chi connectivity index (χ2n) is 4.84. The van der Waals surface area contributed by atoms with E-state index in [1.165, 1.54) is 28.7 Å². The lowest BCUT2D eigenvalue weighted by molar-refractivity contribution is 0.398. The summed E-state index contributed by atoms with van der Waals surface area (Å²) in [5.74, 6) is 0.665. The molecule has 1 aliphatic carbocycles. The maximum atomic E-state index is 5.21. The minimum atomic E-state index is 0.485. The van der Waals surface area contributed by atoms with Crippen molar-refractivity contribution < 1.29 is 4.74 Å². The standard InChI is InChI=1S/C16H18N2O/c1-17-15-7-6-13-12(4-3-5-14(13)15)11-8-9-18-16(10-11)19-2/h3-5,8-10,15,17H,6-7H2,1-2H3. The number of hydrogen-bond acceptors (Lipinski definition) is 3. The Kier molecular flexibility index (Phi) is 3.22. The SMILES string of the molecule is CNC1CCc2c(-c3ccnc(OC)c3)cccc21. The molecule has 19 heavy (non-hydrogen) atoms. The fourth-order valence-electron chi connectivity index (χ4n) is 2.91. The second-order valence-corrected chi connectivity index (χ2v) is 4.84. The molecule has 0 aliphatic heterocycles. The number of benzene rings is 1. The van der Waals surface area contributed by atoms with E-state index in [2.05, 4.69) is 28.5 Å². The summed E-state index contributed by atoms with van der Waals surface area (Å²) in [7, 11) is 3.68. The van der Waals surface area contributed by atoms with Gasteiger partial charge in [-0.05, 0) is 48.2 Å². The fourth-order valence-corrected chi connectivity index (χ4v) is 2.91. The molecule has 1 atom stereocenters. The van der Waals surface area contributed by atoms with Crippen LogP contribution in [0.5, 0.6) is 5.88 Å². The van der Waals surface area contributed by atoms with Gasteiger partial charge in [0.2, 0.25) is 5.88 Å². The molecule has 0 fully saturated rings. The summed E-state index contributed by atoms with van der Waals surface area (Å²) in [4.78, 5) is 4.17. The van der Waals surface area contributed by atoms with E-state index >= 15 is 0 Å². The van der Waals surface area contributed by atoms with Gasteiger partial charge in [0.15, 0.2) is 0 Å². The van der Waals surface area contributed by atoms with Crippen LogP contribution in [0.3, 0.4) is 0 Å². The fraction of sp³-hybridized carbons (Fsp3) is 0.312. The summed E-state index contributed by atoms with van der Waals surface area (Å²) in [5, 5.41) is 3.38. The lowest BCUT2D eigenvalue weighted by atomic mass is 9.97.